The van der Waals surface area contributed by atoms with Crippen molar-refractivity contribution in [3.63, 3.8) is 0 Å². The normalized spacial score (nSPS) is 22.8. The van der Waals surface area contributed by atoms with Crippen LogP contribution in [0.15, 0.2) is 24.5 Å². The van der Waals surface area contributed by atoms with Crippen LogP contribution in [0.4, 0.5) is 0 Å². The molecule has 2 fully saturated rings. The summed E-state index contributed by atoms with van der Waals surface area (Å²) in [6, 6.07) is 3.76. The SMILES string of the molecule is CC1(C)CNC(=O)C2(CCN(C(=O)Cc3cccnc3)CC2)NC1. The van der Waals surface area contributed by atoms with E-state index in [-0.39, 0.29) is 17.2 Å². The number of rotatable bonds is 2. The van der Waals surface area contributed by atoms with E-state index in [9.17, 15) is 9.59 Å². The second-order valence-corrected chi connectivity index (χ2v) is 7.70. The summed E-state index contributed by atoms with van der Waals surface area (Å²) >= 11 is 0. The Hall–Kier alpha value is -1.95. The van der Waals surface area contributed by atoms with Crippen molar-refractivity contribution in [3.8, 4) is 0 Å². The highest BCUT2D eigenvalue weighted by atomic mass is 16.2. The Morgan fingerprint density at radius 2 is 2.04 bits per heavy atom. The van der Waals surface area contributed by atoms with E-state index < -0.39 is 5.54 Å². The van der Waals surface area contributed by atoms with Gasteiger partial charge in [-0.25, -0.2) is 0 Å². The molecule has 2 aliphatic heterocycles. The van der Waals surface area contributed by atoms with Gasteiger partial charge in [0.2, 0.25) is 11.8 Å². The number of amides is 2. The average molecular weight is 330 g/mol. The number of likely N-dealkylation sites (tertiary alicyclic amines) is 1. The summed E-state index contributed by atoms with van der Waals surface area (Å²) < 4.78 is 0. The number of hydrogen-bond donors (Lipinski definition) is 2. The van der Waals surface area contributed by atoms with Crippen molar-refractivity contribution in [2.75, 3.05) is 26.2 Å². The molecule has 6 heteroatoms. The molecule has 0 aromatic carbocycles. The number of carbonyl (C=O) groups excluding carboxylic acids is 2. The largest absolute Gasteiger partial charge is 0.354 e. The highest BCUT2D eigenvalue weighted by molar-refractivity contribution is 5.87. The van der Waals surface area contributed by atoms with Gasteiger partial charge in [0.05, 0.1) is 6.42 Å². The van der Waals surface area contributed by atoms with E-state index in [0.717, 1.165) is 12.1 Å². The second kappa shape index (κ2) is 6.51. The Bertz CT molecular complexity index is 607. The van der Waals surface area contributed by atoms with Crippen molar-refractivity contribution in [1.29, 1.82) is 0 Å². The molecule has 2 aliphatic rings. The number of nitrogens with zero attached hydrogens (tertiary/aromatic N) is 2. The maximum Gasteiger partial charge on any atom is 0.240 e. The van der Waals surface area contributed by atoms with Gasteiger partial charge in [0, 0.05) is 38.6 Å². The minimum absolute atomic E-state index is 0.0480. The highest BCUT2D eigenvalue weighted by Crippen LogP contribution is 2.27. The Morgan fingerprint density at radius 1 is 1.29 bits per heavy atom. The van der Waals surface area contributed by atoms with Crippen molar-refractivity contribution in [2.45, 2.75) is 38.6 Å². The number of piperidine rings is 1. The Labute approximate surface area is 143 Å². The molecule has 0 atom stereocenters. The van der Waals surface area contributed by atoms with Gasteiger partial charge in [0.1, 0.15) is 5.54 Å². The summed E-state index contributed by atoms with van der Waals surface area (Å²) in [5, 5.41) is 6.55. The predicted molar refractivity (Wildman–Crippen MR) is 91.3 cm³/mol. The molecule has 6 nitrogen and oxygen atoms in total. The van der Waals surface area contributed by atoms with Crippen LogP contribution < -0.4 is 10.6 Å². The fourth-order valence-corrected chi connectivity index (χ4v) is 3.37. The van der Waals surface area contributed by atoms with Crippen LogP contribution in [-0.4, -0.2) is 53.4 Å². The average Bonchev–Trinajstić information content (AvgIpc) is 2.69. The topological polar surface area (TPSA) is 74.3 Å². The zero-order valence-corrected chi connectivity index (χ0v) is 14.5. The number of aromatic nitrogens is 1. The molecule has 2 N–H and O–H groups in total. The van der Waals surface area contributed by atoms with Gasteiger partial charge >= 0.3 is 0 Å². The third-order valence-electron chi connectivity index (χ3n) is 5.12. The molecule has 1 spiro atoms. The first-order valence-corrected chi connectivity index (χ1v) is 8.60. The minimum atomic E-state index is -0.529. The molecule has 2 saturated heterocycles. The number of carbonyl (C=O) groups is 2. The minimum Gasteiger partial charge on any atom is -0.354 e. The molecule has 0 saturated carbocycles. The number of nitrogens with one attached hydrogen (secondary N) is 2. The standard InChI is InChI=1S/C18H26N4O2/c1-17(2)12-20-16(24)18(21-13-17)5-8-22(9-6-18)15(23)10-14-4-3-7-19-11-14/h3-4,7,11,21H,5-6,8-10,12-13H2,1-2H3,(H,20,24). The lowest BCUT2D eigenvalue weighted by atomic mass is 9.86. The molecule has 3 rings (SSSR count). The second-order valence-electron chi connectivity index (χ2n) is 7.70. The predicted octanol–water partition coefficient (Wildman–Crippen LogP) is 0.731. The van der Waals surface area contributed by atoms with Crippen molar-refractivity contribution in [3.05, 3.63) is 30.1 Å². The molecule has 1 aromatic rings. The van der Waals surface area contributed by atoms with Crippen LogP contribution in [0, 0.1) is 5.41 Å². The third-order valence-corrected chi connectivity index (χ3v) is 5.12. The van der Waals surface area contributed by atoms with Crippen LogP contribution in [0.25, 0.3) is 0 Å². The third kappa shape index (κ3) is 3.59. The first-order chi connectivity index (χ1) is 11.4. The molecule has 1 aromatic heterocycles. The lowest BCUT2D eigenvalue weighted by Gasteiger charge is -2.40. The maximum absolute atomic E-state index is 12.6. The maximum atomic E-state index is 12.6. The van der Waals surface area contributed by atoms with E-state index >= 15 is 0 Å². The van der Waals surface area contributed by atoms with Gasteiger partial charge in [0.25, 0.3) is 0 Å². The van der Waals surface area contributed by atoms with E-state index in [1.54, 1.807) is 12.4 Å². The van der Waals surface area contributed by atoms with Crippen LogP contribution in [0.2, 0.25) is 0 Å². The van der Waals surface area contributed by atoms with Gasteiger partial charge in [-0.05, 0) is 29.9 Å². The first kappa shape index (κ1) is 16.9. The molecule has 3 heterocycles. The number of pyridine rings is 1. The van der Waals surface area contributed by atoms with Crippen LogP contribution in [-0.2, 0) is 16.0 Å². The van der Waals surface area contributed by atoms with Gasteiger partial charge in [-0.1, -0.05) is 19.9 Å². The molecule has 24 heavy (non-hydrogen) atoms. The van der Waals surface area contributed by atoms with Crippen LogP contribution >= 0.6 is 0 Å². The molecule has 130 valence electrons. The summed E-state index contributed by atoms with van der Waals surface area (Å²) in [7, 11) is 0. The summed E-state index contributed by atoms with van der Waals surface area (Å²) in [4.78, 5) is 30.9. The van der Waals surface area contributed by atoms with E-state index in [1.807, 2.05) is 17.0 Å². The molecule has 2 amide bonds. The summed E-state index contributed by atoms with van der Waals surface area (Å²) in [5.74, 6) is 0.180. The summed E-state index contributed by atoms with van der Waals surface area (Å²) in [6.45, 7) is 7.00. The van der Waals surface area contributed by atoms with Crippen molar-refractivity contribution in [2.24, 2.45) is 5.41 Å². The highest BCUT2D eigenvalue weighted by Gasteiger charge is 2.44. The van der Waals surface area contributed by atoms with Gasteiger partial charge < -0.3 is 15.5 Å². The molecule has 0 aliphatic carbocycles. The van der Waals surface area contributed by atoms with E-state index in [0.29, 0.717) is 38.9 Å². The van der Waals surface area contributed by atoms with Gasteiger partial charge in [-0.2, -0.15) is 0 Å². The van der Waals surface area contributed by atoms with Crippen molar-refractivity contribution in [1.82, 2.24) is 20.5 Å². The Kier molecular flexibility index (Phi) is 4.58. The van der Waals surface area contributed by atoms with Crippen LogP contribution in [0.5, 0.6) is 0 Å². The van der Waals surface area contributed by atoms with Gasteiger partial charge in [-0.3, -0.25) is 14.6 Å². The molecule has 0 bridgehead atoms. The van der Waals surface area contributed by atoms with E-state index in [1.165, 1.54) is 0 Å². The lowest BCUT2D eigenvalue weighted by Crippen LogP contribution is -2.61. The Morgan fingerprint density at radius 3 is 2.71 bits per heavy atom. The summed E-state index contributed by atoms with van der Waals surface area (Å²) in [5.41, 5.74) is 0.445. The van der Waals surface area contributed by atoms with E-state index in [2.05, 4.69) is 29.5 Å². The monoisotopic (exact) mass is 330 g/mol. The van der Waals surface area contributed by atoms with Gasteiger partial charge in [0.15, 0.2) is 0 Å². The first-order valence-electron chi connectivity index (χ1n) is 8.60. The molecule has 0 unspecified atom stereocenters. The summed E-state index contributed by atoms with van der Waals surface area (Å²) in [6.07, 6.45) is 5.12. The van der Waals surface area contributed by atoms with E-state index in [4.69, 9.17) is 0 Å². The van der Waals surface area contributed by atoms with Crippen molar-refractivity contribution < 1.29 is 9.59 Å². The van der Waals surface area contributed by atoms with Crippen molar-refractivity contribution >= 4 is 11.8 Å². The number of hydrogen-bond acceptors (Lipinski definition) is 4. The van der Waals surface area contributed by atoms with Gasteiger partial charge in [-0.15, -0.1) is 0 Å². The van der Waals surface area contributed by atoms with Crippen LogP contribution in [0.1, 0.15) is 32.3 Å². The fraction of sp³-hybridized carbons (Fsp3) is 0.611. The van der Waals surface area contributed by atoms with Crippen LogP contribution in [0.3, 0.4) is 0 Å². The molecular formula is C18H26N4O2. The zero-order chi connectivity index (χ0) is 17.2. The smallest absolute Gasteiger partial charge is 0.240 e. The molecular weight excluding hydrogens is 304 g/mol. The quantitative estimate of drug-likeness (QED) is 0.838. The zero-order valence-electron chi connectivity index (χ0n) is 14.5. The molecule has 0 radical (unpaired) electrons. The fourth-order valence-electron chi connectivity index (χ4n) is 3.37. The lowest BCUT2D eigenvalue weighted by molar-refractivity contribution is -0.136. The Balaban J connectivity index is 1.60.